The summed E-state index contributed by atoms with van der Waals surface area (Å²) in [4.78, 5) is 10.2. The van der Waals surface area contributed by atoms with Crippen molar-refractivity contribution in [2.24, 2.45) is 0 Å². The van der Waals surface area contributed by atoms with Gasteiger partial charge in [0.15, 0.2) is 9.84 Å². The van der Waals surface area contributed by atoms with E-state index in [2.05, 4.69) is 5.32 Å². The minimum atomic E-state index is -3.02. The van der Waals surface area contributed by atoms with E-state index in [1.165, 1.54) is 12.1 Å². The van der Waals surface area contributed by atoms with Crippen LogP contribution in [0.15, 0.2) is 24.3 Å². The van der Waals surface area contributed by atoms with Gasteiger partial charge in [-0.3, -0.25) is 10.1 Å². The third kappa shape index (κ3) is 5.35. The topological polar surface area (TPSA) is 89.3 Å². The molecule has 0 saturated heterocycles. The van der Waals surface area contributed by atoms with Gasteiger partial charge in [-0.05, 0) is 12.5 Å². The van der Waals surface area contributed by atoms with Crippen LogP contribution in [0.4, 0.5) is 5.69 Å². The van der Waals surface area contributed by atoms with Gasteiger partial charge in [0.1, 0.15) is 0 Å². The molecule has 1 unspecified atom stereocenters. The van der Waals surface area contributed by atoms with E-state index in [0.717, 1.165) is 5.56 Å². The summed E-state index contributed by atoms with van der Waals surface area (Å²) in [6, 6.07) is 6.09. The summed E-state index contributed by atoms with van der Waals surface area (Å²) < 4.78 is 22.9. The van der Waals surface area contributed by atoms with Crippen LogP contribution < -0.4 is 5.32 Å². The van der Waals surface area contributed by atoms with Gasteiger partial charge in [-0.15, -0.1) is 0 Å². The average Bonchev–Trinajstić information content (AvgIpc) is 2.36. The Labute approximate surface area is 112 Å². The van der Waals surface area contributed by atoms with Gasteiger partial charge in [-0.25, -0.2) is 8.42 Å². The number of nitrogens with one attached hydrogen (secondary N) is 1. The maximum absolute atomic E-state index is 11.4. The Kier molecular flexibility index (Phi) is 5.44. The third-order valence-electron chi connectivity index (χ3n) is 2.72. The first kappa shape index (κ1) is 15.6. The Morgan fingerprint density at radius 2 is 2.11 bits per heavy atom. The van der Waals surface area contributed by atoms with E-state index in [1.54, 1.807) is 26.0 Å². The third-order valence-corrected chi connectivity index (χ3v) is 4.61. The lowest BCUT2D eigenvalue weighted by atomic mass is 10.2. The lowest BCUT2D eigenvalue weighted by Gasteiger charge is -2.13. The van der Waals surface area contributed by atoms with Crippen LogP contribution in [0.25, 0.3) is 0 Å². The molecule has 0 aliphatic carbocycles. The quantitative estimate of drug-likeness (QED) is 0.606. The first-order chi connectivity index (χ1) is 8.84. The van der Waals surface area contributed by atoms with Gasteiger partial charge in [-0.1, -0.05) is 19.1 Å². The molecule has 0 radical (unpaired) electrons. The van der Waals surface area contributed by atoms with E-state index in [-0.39, 0.29) is 23.2 Å². The number of nitro groups is 1. The summed E-state index contributed by atoms with van der Waals surface area (Å²) in [5, 5.41) is 13.7. The van der Waals surface area contributed by atoms with Gasteiger partial charge in [0, 0.05) is 30.5 Å². The van der Waals surface area contributed by atoms with Crippen LogP contribution >= 0.6 is 0 Å². The molecule has 0 heterocycles. The predicted octanol–water partition coefficient (Wildman–Crippen LogP) is 1.51. The number of hydrogen-bond acceptors (Lipinski definition) is 5. The fourth-order valence-corrected chi connectivity index (χ4v) is 2.75. The highest BCUT2D eigenvalue weighted by atomic mass is 32.2. The summed E-state index contributed by atoms with van der Waals surface area (Å²) in [6.45, 7) is 3.80. The van der Waals surface area contributed by atoms with Crippen LogP contribution in [-0.2, 0) is 16.4 Å². The average molecular weight is 286 g/mol. The Morgan fingerprint density at radius 3 is 2.68 bits per heavy atom. The second-order valence-electron chi connectivity index (χ2n) is 4.41. The molecule has 0 aliphatic rings. The highest BCUT2D eigenvalue weighted by Gasteiger charge is 2.13. The van der Waals surface area contributed by atoms with E-state index in [1.807, 2.05) is 0 Å². The lowest BCUT2D eigenvalue weighted by Crippen LogP contribution is -2.33. The summed E-state index contributed by atoms with van der Waals surface area (Å²) in [5.41, 5.74) is 0.795. The number of non-ortho nitro benzene ring substituents is 1. The number of hydrogen-bond donors (Lipinski definition) is 1. The van der Waals surface area contributed by atoms with Gasteiger partial charge in [0.25, 0.3) is 5.69 Å². The highest BCUT2D eigenvalue weighted by Crippen LogP contribution is 2.13. The molecule has 1 aromatic carbocycles. The lowest BCUT2D eigenvalue weighted by molar-refractivity contribution is -0.384. The molecule has 1 aromatic rings. The standard InChI is InChI=1S/C12H18N2O4S/c1-3-19(17,18)9-10(2)13-8-11-5-4-6-12(7-11)14(15)16/h4-7,10,13H,3,8-9H2,1-2H3. The van der Waals surface area contributed by atoms with Crippen molar-refractivity contribution >= 4 is 15.5 Å². The second-order valence-corrected chi connectivity index (χ2v) is 6.81. The molecule has 0 aromatic heterocycles. The smallest absolute Gasteiger partial charge is 0.269 e. The van der Waals surface area contributed by atoms with Crippen LogP contribution in [0.3, 0.4) is 0 Å². The predicted molar refractivity (Wildman–Crippen MR) is 73.7 cm³/mol. The zero-order valence-electron chi connectivity index (χ0n) is 11.0. The number of nitrogens with zero attached hydrogens (tertiary/aromatic N) is 1. The van der Waals surface area contributed by atoms with Crippen molar-refractivity contribution in [2.45, 2.75) is 26.4 Å². The molecule has 106 valence electrons. The van der Waals surface area contributed by atoms with Crippen molar-refractivity contribution in [1.29, 1.82) is 0 Å². The second kappa shape index (κ2) is 6.63. The molecule has 0 aliphatic heterocycles. The summed E-state index contributed by atoms with van der Waals surface area (Å²) in [5.74, 6) is 0.189. The number of nitro benzene ring substituents is 1. The van der Waals surface area contributed by atoms with E-state index < -0.39 is 14.8 Å². The first-order valence-electron chi connectivity index (χ1n) is 6.01. The van der Waals surface area contributed by atoms with Crippen LogP contribution in [-0.4, -0.2) is 30.9 Å². The largest absolute Gasteiger partial charge is 0.309 e. The van der Waals surface area contributed by atoms with Gasteiger partial charge in [0.2, 0.25) is 0 Å². The normalized spacial score (nSPS) is 13.2. The van der Waals surface area contributed by atoms with Gasteiger partial charge >= 0.3 is 0 Å². The molecule has 6 nitrogen and oxygen atoms in total. The number of benzene rings is 1. The molecule has 1 N–H and O–H groups in total. The summed E-state index contributed by atoms with van der Waals surface area (Å²) >= 11 is 0. The van der Waals surface area contributed by atoms with Crippen LogP contribution in [0.5, 0.6) is 0 Å². The molecular formula is C12H18N2O4S. The maximum Gasteiger partial charge on any atom is 0.269 e. The van der Waals surface area contributed by atoms with E-state index in [9.17, 15) is 18.5 Å². The molecule has 1 rings (SSSR count). The SMILES string of the molecule is CCS(=O)(=O)CC(C)NCc1cccc([N+](=O)[O-])c1. The summed E-state index contributed by atoms with van der Waals surface area (Å²) in [6.07, 6.45) is 0. The zero-order chi connectivity index (χ0) is 14.5. The molecule has 0 amide bonds. The molecule has 1 atom stereocenters. The van der Waals surface area contributed by atoms with Crippen LogP contribution in [0, 0.1) is 10.1 Å². The van der Waals surface area contributed by atoms with Crippen LogP contribution in [0.1, 0.15) is 19.4 Å². The molecule has 0 spiro atoms. The van der Waals surface area contributed by atoms with E-state index >= 15 is 0 Å². The fraction of sp³-hybridized carbons (Fsp3) is 0.500. The van der Waals surface area contributed by atoms with Crippen molar-refractivity contribution in [1.82, 2.24) is 5.32 Å². The molecule has 0 fully saturated rings. The molecular weight excluding hydrogens is 268 g/mol. The Bertz CT molecular complexity index is 542. The van der Waals surface area contributed by atoms with E-state index in [4.69, 9.17) is 0 Å². The van der Waals surface area contributed by atoms with Gasteiger partial charge in [-0.2, -0.15) is 0 Å². The Hall–Kier alpha value is -1.47. The minimum Gasteiger partial charge on any atom is -0.309 e. The van der Waals surface area contributed by atoms with Gasteiger partial charge in [0.05, 0.1) is 10.7 Å². The van der Waals surface area contributed by atoms with Crippen molar-refractivity contribution in [2.75, 3.05) is 11.5 Å². The van der Waals surface area contributed by atoms with Crippen molar-refractivity contribution < 1.29 is 13.3 Å². The maximum atomic E-state index is 11.4. The van der Waals surface area contributed by atoms with Crippen molar-refractivity contribution in [3.8, 4) is 0 Å². The first-order valence-corrected chi connectivity index (χ1v) is 7.83. The Balaban J connectivity index is 2.57. The molecule has 0 bridgehead atoms. The fourth-order valence-electron chi connectivity index (χ4n) is 1.63. The zero-order valence-corrected chi connectivity index (χ0v) is 11.8. The van der Waals surface area contributed by atoms with Crippen LogP contribution in [0.2, 0.25) is 0 Å². The van der Waals surface area contributed by atoms with E-state index in [0.29, 0.717) is 6.54 Å². The van der Waals surface area contributed by atoms with Crippen molar-refractivity contribution in [3.63, 3.8) is 0 Å². The summed E-state index contributed by atoms with van der Waals surface area (Å²) in [7, 11) is -3.02. The number of sulfone groups is 1. The van der Waals surface area contributed by atoms with Gasteiger partial charge < -0.3 is 5.32 Å². The molecule has 0 saturated carbocycles. The Morgan fingerprint density at radius 1 is 1.42 bits per heavy atom. The highest BCUT2D eigenvalue weighted by molar-refractivity contribution is 7.91. The van der Waals surface area contributed by atoms with Crippen molar-refractivity contribution in [3.05, 3.63) is 39.9 Å². The minimum absolute atomic E-state index is 0.0353. The number of rotatable bonds is 7. The molecule has 19 heavy (non-hydrogen) atoms. The monoisotopic (exact) mass is 286 g/mol. The molecule has 7 heteroatoms.